The van der Waals surface area contributed by atoms with Crippen molar-refractivity contribution in [2.45, 2.75) is 25.6 Å². The molecule has 0 aliphatic rings. The molecule has 0 bridgehead atoms. The Labute approximate surface area is 107 Å². The lowest BCUT2D eigenvalue weighted by molar-refractivity contribution is -0.135. The van der Waals surface area contributed by atoms with Crippen LogP contribution in [0.1, 0.15) is 12.8 Å². The van der Waals surface area contributed by atoms with Gasteiger partial charge in [0, 0.05) is 25.4 Å². The highest BCUT2D eigenvalue weighted by Crippen LogP contribution is 2.21. The number of nitrogens with zero attached hydrogens (tertiary/aromatic N) is 2. The molecule has 19 heavy (non-hydrogen) atoms. The highest BCUT2D eigenvalue weighted by molar-refractivity contribution is 5.30. The molecule has 1 radical (unpaired) electrons. The van der Waals surface area contributed by atoms with Gasteiger partial charge >= 0.3 is 11.9 Å². The normalized spacial score (nSPS) is 11.7. The second kappa shape index (κ2) is 5.34. The number of benzene rings is 1. The van der Waals surface area contributed by atoms with Crippen molar-refractivity contribution in [1.82, 2.24) is 9.13 Å². The van der Waals surface area contributed by atoms with Gasteiger partial charge < -0.3 is 0 Å². The zero-order chi connectivity index (χ0) is 13.9. The lowest BCUT2D eigenvalue weighted by Crippen LogP contribution is -2.23. The van der Waals surface area contributed by atoms with E-state index in [-0.39, 0.29) is 18.7 Å². The fourth-order valence-corrected chi connectivity index (χ4v) is 1.77. The Kier molecular flexibility index (Phi) is 3.78. The van der Waals surface area contributed by atoms with Gasteiger partial charge in [-0.15, -0.1) is 0 Å². The number of aromatic nitrogens is 2. The molecule has 0 aliphatic heterocycles. The zero-order valence-corrected chi connectivity index (χ0v) is 10.0. The number of rotatable bonds is 4. The van der Waals surface area contributed by atoms with Crippen LogP contribution in [0.3, 0.4) is 0 Å². The van der Waals surface area contributed by atoms with Crippen molar-refractivity contribution in [3.8, 4) is 5.69 Å². The summed E-state index contributed by atoms with van der Waals surface area (Å²) in [5.74, 6) is 0. The molecule has 2 rings (SSSR count). The van der Waals surface area contributed by atoms with E-state index >= 15 is 0 Å². The monoisotopic (exact) mass is 269 g/mol. The molecule has 0 atom stereocenters. The van der Waals surface area contributed by atoms with Gasteiger partial charge in [-0.3, -0.25) is 9.13 Å². The van der Waals surface area contributed by atoms with Gasteiger partial charge in [-0.1, -0.05) is 12.1 Å². The summed E-state index contributed by atoms with van der Waals surface area (Å²) in [6.45, 7) is 0.0598. The highest BCUT2D eigenvalue weighted by atomic mass is 19.4. The molecule has 101 valence electrons. The van der Waals surface area contributed by atoms with Crippen molar-refractivity contribution in [1.29, 1.82) is 0 Å². The minimum Gasteiger partial charge on any atom is -0.299 e. The molecule has 1 aromatic carbocycles. The van der Waals surface area contributed by atoms with Gasteiger partial charge in [-0.2, -0.15) is 13.2 Å². The molecule has 0 amide bonds. The molecule has 3 nitrogen and oxygen atoms in total. The molecule has 0 saturated heterocycles. The van der Waals surface area contributed by atoms with Crippen LogP contribution in [0.25, 0.3) is 5.69 Å². The van der Waals surface area contributed by atoms with Crippen LogP contribution >= 0.6 is 0 Å². The summed E-state index contributed by atoms with van der Waals surface area (Å²) >= 11 is 0. The van der Waals surface area contributed by atoms with E-state index in [0.717, 1.165) is 0 Å². The van der Waals surface area contributed by atoms with Crippen molar-refractivity contribution >= 4 is 0 Å². The number of aryl methyl sites for hydroxylation is 1. The van der Waals surface area contributed by atoms with Crippen LogP contribution in [-0.4, -0.2) is 15.3 Å². The third kappa shape index (κ3) is 3.49. The first kappa shape index (κ1) is 13.5. The van der Waals surface area contributed by atoms with E-state index in [1.807, 2.05) is 0 Å². The number of alkyl halides is 3. The molecular formula is C13H12F3N2O. The number of imidazole rings is 1. The van der Waals surface area contributed by atoms with Gasteiger partial charge in [-0.05, 0) is 24.6 Å². The molecule has 0 saturated carbocycles. The Balaban J connectivity index is 2.09. The summed E-state index contributed by atoms with van der Waals surface area (Å²) in [7, 11) is 0. The summed E-state index contributed by atoms with van der Waals surface area (Å²) in [6, 6.07) is 9.59. The standard InChI is InChI=1S/C13H12F3N2O/c14-13(15,16)7-4-8-17-9-10-18(12(17)19)11-5-2-1-3-6-11/h2-3,5-6,9-10H,4,7-8H2. The summed E-state index contributed by atoms with van der Waals surface area (Å²) in [4.78, 5) is 12.0. The van der Waals surface area contributed by atoms with Gasteiger partial charge in [0.05, 0.1) is 5.69 Å². The first-order valence-corrected chi connectivity index (χ1v) is 5.78. The maximum atomic E-state index is 12.0. The van der Waals surface area contributed by atoms with E-state index in [9.17, 15) is 18.0 Å². The lowest BCUT2D eigenvalue weighted by atomic mass is 10.3. The van der Waals surface area contributed by atoms with Crippen LogP contribution in [0.15, 0.2) is 41.5 Å². The van der Waals surface area contributed by atoms with Crippen LogP contribution < -0.4 is 5.69 Å². The average Bonchev–Trinajstić information content (AvgIpc) is 2.71. The maximum absolute atomic E-state index is 12.0. The SMILES string of the molecule is O=c1n(CCCC(F)(F)F)ccn1-c1cc[c]cc1. The van der Waals surface area contributed by atoms with Crippen molar-refractivity contribution in [3.63, 3.8) is 0 Å². The van der Waals surface area contributed by atoms with Crippen LogP contribution in [0.4, 0.5) is 13.2 Å². The molecule has 1 heterocycles. The van der Waals surface area contributed by atoms with E-state index in [1.165, 1.54) is 15.3 Å². The molecule has 0 aliphatic carbocycles. The molecule has 0 fully saturated rings. The predicted octanol–water partition coefficient (Wildman–Crippen LogP) is 2.78. The zero-order valence-electron chi connectivity index (χ0n) is 10.0. The molecule has 0 N–H and O–H groups in total. The summed E-state index contributed by atoms with van der Waals surface area (Å²) in [5.41, 5.74) is 0.326. The van der Waals surface area contributed by atoms with Crippen LogP contribution in [0.5, 0.6) is 0 Å². The van der Waals surface area contributed by atoms with Gasteiger partial charge in [0.25, 0.3) is 0 Å². The number of hydrogen-bond donors (Lipinski definition) is 0. The molecule has 1 aromatic heterocycles. The van der Waals surface area contributed by atoms with Gasteiger partial charge in [0.2, 0.25) is 0 Å². The Hall–Kier alpha value is -1.98. The second-order valence-corrected chi connectivity index (χ2v) is 4.12. The Morgan fingerprint density at radius 2 is 1.84 bits per heavy atom. The summed E-state index contributed by atoms with van der Waals surface area (Å²) in [5, 5.41) is 0. The highest BCUT2D eigenvalue weighted by Gasteiger charge is 2.26. The van der Waals surface area contributed by atoms with Gasteiger partial charge in [0.15, 0.2) is 0 Å². The Morgan fingerprint density at radius 1 is 1.16 bits per heavy atom. The van der Waals surface area contributed by atoms with Gasteiger partial charge in [-0.25, -0.2) is 4.79 Å². The molecule has 0 spiro atoms. The average molecular weight is 269 g/mol. The molecule has 0 unspecified atom stereocenters. The predicted molar refractivity (Wildman–Crippen MR) is 64.2 cm³/mol. The fourth-order valence-electron chi connectivity index (χ4n) is 1.77. The molecule has 2 aromatic rings. The Bertz CT molecular complexity index is 584. The third-order valence-corrected chi connectivity index (χ3v) is 2.69. The first-order chi connectivity index (χ1) is 8.97. The first-order valence-electron chi connectivity index (χ1n) is 5.78. The smallest absolute Gasteiger partial charge is 0.299 e. The van der Waals surface area contributed by atoms with Crippen LogP contribution in [0.2, 0.25) is 0 Å². The van der Waals surface area contributed by atoms with E-state index < -0.39 is 12.6 Å². The van der Waals surface area contributed by atoms with E-state index in [4.69, 9.17) is 0 Å². The van der Waals surface area contributed by atoms with Crippen molar-refractivity contribution in [2.75, 3.05) is 0 Å². The molecular weight excluding hydrogens is 257 g/mol. The van der Waals surface area contributed by atoms with E-state index in [2.05, 4.69) is 6.07 Å². The van der Waals surface area contributed by atoms with Crippen LogP contribution in [0, 0.1) is 6.07 Å². The summed E-state index contributed by atoms with van der Waals surface area (Å²) in [6.07, 6.45) is -2.12. The minimum absolute atomic E-state index is 0.0598. The minimum atomic E-state index is -4.18. The fraction of sp³-hybridized carbons (Fsp3) is 0.308. The van der Waals surface area contributed by atoms with E-state index in [1.54, 1.807) is 30.5 Å². The quantitative estimate of drug-likeness (QED) is 0.838. The van der Waals surface area contributed by atoms with Crippen molar-refractivity contribution in [2.24, 2.45) is 0 Å². The Morgan fingerprint density at radius 3 is 2.47 bits per heavy atom. The largest absolute Gasteiger partial charge is 0.389 e. The van der Waals surface area contributed by atoms with Crippen LogP contribution in [-0.2, 0) is 6.54 Å². The topological polar surface area (TPSA) is 26.9 Å². The summed E-state index contributed by atoms with van der Waals surface area (Å²) < 4.78 is 38.8. The van der Waals surface area contributed by atoms with Gasteiger partial charge in [0.1, 0.15) is 0 Å². The maximum Gasteiger partial charge on any atom is 0.389 e. The van der Waals surface area contributed by atoms with Crippen molar-refractivity contribution in [3.05, 3.63) is 53.2 Å². The lowest BCUT2D eigenvalue weighted by Gasteiger charge is -2.06. The number of halogens is 3. The third-order valence-electron chi connectivity index (χ3n) is 2.69. The second-order valence-electron chi connectivity index (χ2n) is 4.12. The van der Waals surface area contributed by atoms with E-state index in [0.29, 0.717) is 5.69 Å². The number of hydrogen-bond acceptors (Lipinski definition) is 1. The van der Waals surface area contributed by atoms with Crippen molar-refractivity contribution < 1.29 is 13.2 Å². The molecule has 6 heteroatoms.